The highest BCUT2D eigenvalue weighted by molar-refractivity contribution is 8.03. The van der Waals surface area contributed by atoms with Crippen molar-refractivity contribution in [2.24, 2.45) is 0 Å². The van der Waals surface area contributed by atoms with E-state index in [2.05, 4.69) is 31.2 Å². The van der Waals surface area contributed by atoms with Crippen LogP contribution in [0.1, 0.15) is 33.3 Å². The Kier molecular flexibility index (Phi) is 4.22. The van der Waals surface area contributed by atoms with Gasteiger partial charge in [0, 0.05) is 9.80 Å². The molecule has 0 saturated carbocycles. The largest absolute Gasteiger partial charge is 0.385 e. The van der Waals surface area contributed by atoms with Crippen LogP contribution in [-0.4, -0.2) is 10.7 Å². The summed E-state index contributed by atoms with van der Waals surface area (Å²) in [5.41, 5.74) is 1.65. The molecule has 0 radical (unpaired) electrons. The van der Waals surface area contributed by atoms with Gasteiger partial charge in [0.2, 0.25) is 0 Å². The first-order chi connectivity index (χ1) is 7.30. The first-order valence-corrected chi connectivity index (χ1v) is 6.27. The minimum Gasteiger partial charge on any atom is -0.385 e. The standard InChI is InChI=1S/C14H20OS/c1-10(2)13(14(4,5)15)16-12-8-6-11(3)7-9-12/h6-9,15H,1-5H3. The molecule has 0 aliphatic rings. The second-order valence-corrected chi connectivity index (χ2v) is 5.89. The highest BCUT2D eigenvalue weighted by atomic mass is 32.2. The third-order valence-corrected chi connectivity index (χ3v) is 3.87. The number of hydrogen-bond acceptors (Lipinski definition) is 2. The molecule has 1 N–H and O–H groups in total. The van der Waals surface area contributed by atoms with Gasteiger partial charge >= 0.3 is 0 Å². The van der Waals surface area contributed by atoms with Crippen molar-refractivity contribution in [3.05, 3.63) is 40.3 Å². The van der Waals surface area contributed by atoms with Crippen molar-refractivity contribution in [3.8, 4) is 0 Å². The van der Waals surface area contributed by atoms with Crippen molar-refractivity contribution in [3.63, 3.8) is 0 Å². The van der Waals surface area contributed by atoms with E-state index in [0.29, 0.717) is 0 Å². The molecule has 0 spiro atoms. The summed E-state index contributed by atoms with van der Waals surface area (Å²) >= 11 is 1.64. The molecule has 0 amide bonds. The Balaban J connectivity index is 2.95. The summed E-state index contributed by atoms with van der Waals surface area (Å²) in [4.78, 5) is 2.19. The van der Waals surface area contributed by atoms with Gasteiger partial charge in [0.1, 0.15) is 0 Å². The van der Waals surface area contributed by atoms with Crippen LogP contribution in [0.5, 0.6) is 0 Å². The zero-order chi connectivity index (χ0) is 12.3. The predicted octanol–water partition coefficient (Wildman–Crippen LogP) is 4.15. The average molecular weight is 236 g/mol. The van der Waals surface area contributed by atoms with Gasteiger partial charge in [0.15, 0.2) is 0 Å². The highest BCUT2D eigenvalue weighted by Gasteiger charge is 2.21. The summed E-state index contributed by atoms with van der Waals surface area (Å²) < 4.78 is 0. The van der Waals surface area contributed by atoms with Gasteiger partial charge in [-0.3, -0.25) is 0 Å². The summed E-state index contributed by atoms with van der Waals surface area (Å²) in [5, 5.41) is 10.1. The quantitative estimate of drug-likeness (QED) is 0.795. The topological polar surface area (TPSA) is 20.2 Å². The Bertz CT molecular complexity index is 378. The van der Waals surface area contributed by atoms with E-state index in [1.165, 1.54) is 10.5 Å². The average Bonchev–Trinajstić information content (AvgIpc) is 2.14. The maximum absolute atomic E-state index is 10.1. The molecule has 1 rings (SSSR count). The molecule has 88 valence electrons. The van der Waals surface area contributed by atoms with Gasteiger partial charge < -0.3 is 5.11 Å². The van der Waals surface area contributed by atoms with Gasteiger partial charge in [-0.1, -0.05) is 35.0 Å². The van der Waals surface area contributed by atoms with Gasteiger partial charge in [0.05, 0.1) is 5.60 Å². The SMILES string of the molecule is CC(C)=C(Sc1ccc(C)cc1)C(C)(C)O. The van der Waals surface area contributed by atoms with E-state index in [-0.39, 0.29) is 0 Å². The minimum atomic E-state index is -0.769. The van der Waals surface area contributed by atoms with Crippen LogP contribution in [0, 0.1) is 6.92 Å². The Morgan fingerprint density at radius 2 is 1.62 bits per heavy atom. The first-order valence-electron chi connectivity index (χ1n) is 5.45. The summed E-state index contributed by atoms with van der Waals surface area (Å²) in [6, 6.07) is 8.37. The minimum absolute atomic E-state index is 0.769. The monoisotopic (exact) mass is 236 g/mol. The second-order valence-electron chi connectivity index (χ2n) is 4.80. The van der Waals surface area contributed by atoms with Crippen molar-refractivity contribution in [1.29, 1.82) is 0 Å². The number of benzene rings is 1. The van der Waals surface area contributed by atoms with Gasteiger partial charge in [-0.15, -0.1) is 0 Å². The summed E-state index contributed by atoms with van der Waals surface area (Å²) in [5.74, 6) is 0. The fourth-order valence-electron chi connectivity index (χ4n) is 1.56. The zero-order valence-corrected chi connectivity index (χ0v) is 11.5. The Labute approximate surface area is 103 Å². The third kappa shape index (κ3) is 3.69. The lowest BCUT2D eigenvalue weighted by atomic mass is 10.1. The molecule has 0 aliphatic carbocycles. The van der Waals surface area contributed by atoms with Crippen molar-refractivity contribution in [1.82, 2.24) is 0 Å². The molecule has 0 heterocycles. The van der Waals surface area contributed by atoms with Crippen LogP contribution in [0.2, 0.25) is 0 Å². The van der Waals surface area contributed by atoms with Crippen LogP contribution in [0.25, 0.3) is 0 Å². The molecule has 0 fully saturated rings. The molecule has 16 heavy (non-hydrogen) atoms. The Morgan fingerprint density at radius 1 is 1.12 bits per heavy atom. The van der Waals surface area contributed by atoms with Crippen molar-refractivity contribution in [2.75, 3.05) is 0 Å². The number of aryl methyl sites for hydroxylation is 1. The van der Waals surface area contributed by atoms with Gasteiger partial charge in [0.25, 0.3) is 0 Å². The van der Waals surface area contributed by atoms with E-state index in [0.717, 1.165) is 10.5 Å². The van der Waals surface area contributed by atoms with Gasteiger partial charge in [-0.2, -0.15) is 0 Å². The number of thioether (sulfide) groups is 1. The molecule has 1 aromatic rings. The maximum Gasteiger partial charge on any atom is 0.0901 e. The molecule has 0 aromatic heterocycles. The molecule has 0 saturated heterocycles. The molecular formula is C14H20OS. The van der Waals surface area contributed by atoms with Crippen molar-refractivity contribution >= 4 is 11.8 Å². The summed E-state index contributed by atoms with van der Waals surface area (Å²) in [6.07, 6.45) is 0. The van der Waals surface area contributed by atoms with Gasteiger partial charge in [-0.25, -0.2) is 0 Å². The van der Waals surface area contributed by atoms with E-state index in [4.69, 9.17) is 0 Å². The lowest BCUT2D eigenvalue weighted by molar-refractivity contribution is 0.128. The van der Waals surface area contributed by atoms with E-state index in [9.17, 15) is 5.11 Å². The lowest BCUT2D eigenvalue weighted by Gasteiger charge is -2.23. The molecular weight excluding hydrogens is 216 g/mol. The molecule has 1 aromatic carbocycles. The normalized spacial score (nSPS) is 11.4. The molecule has 0 bridgehead atoms. The maximum atomic E-state index is 10.1. The van der Waals surface area contributed by atoms with Crippen LogP contribution in [0.4, 0.5) is 0 Å². The van der Waals surface area contributed by atoms with Crippen molar-refractivity contribution in [2.45, 2.75) is 45.1 Å². The number of hydrogen-bond donors (Lipinski definition) is 1. The van der Waals surface area contributed by atoms with Crippen LogP contribution in [0.3, 0.4) is 0 Å². The molecule has 0 unspecified atom stereocenters. The van der Waals surface area contributed by atoms with Crippen LogP contribution in [0.15, 0.2) is 39.6 Å². The van der Waals surface area contributed by atoms with Crippen LogP contribution >= 0.6 is 11.8 Å². The van der Waals surface area contributed by atoms with Crippen LogP contribution in [-0.2, 0) is 0 Å². The van der Waals surface area contributed by atoms with E-state index in [1.54, 1.807) is 11.8 Å². The van der Waals surface area contributed by atoms with E-state index >= 15 is 0 Å². The number of rotatable bonds is 3. The molecule has 2 heteroatoms. The van der Waals surface area contributed by atoms with Gasteiger partial charge in [-0.05, 0) is 46.8 Å². The first kappa shape index (κ1) is 13.3. The zero-order valence-electron chi connectivity index (χ0n) is 10.7. The Morgan fingerprint density at radius 3 is 2.00 bits per heavy atom. The second kappa shape index (κ2) is 5.07. The van der Waals surface area contributed by atoms with E-state index in [1.807, 2.05) is 27.7 Å². The number of aliphatic hydroxyl groups is 1. The van der Waals surface area contributed by atoms with Crippen molar-refractivity contribution < 1.29 is 5.11 Å². The highest BCUT2D eigenvalue weighted by Crippen LogP contribution is 2.36. The number of allylic oxidation sites excluding steroid dienone is 1. The smallest absolute Gasteiger partial charge is 0.0901 e. The fraction of sp³-hybridized carbons (Fsp3) is 0.429. The predicted molar refractivity (Wildman–Crippen MR) is 71.7 cm³/mol. The lowest BCUT2D eigenvalue weighted by Crippen LogP contribution is -2.20. The molecule has 0 aliphatic heterocycles. The summed E-state index contributed by atoms with van der Waals surface area (Å²) in [6.45, 7) is 9.81. The van der Waals surface area contributed by atoms with E-state index < -0.39 is 5.60 Å². The molecule has 0 atom stereocenters. The van der Waals surface area contributed by atoms with Crippen LogP contribution < -0.4 is 0 Å². The summed E-state index contributed by atoms with van der Waals surface area (Å²) in [7, 11) is 0. The molecule has 1 nitrogen and oxygen atoms in total. The Hall–Kier alpha value is -0.730. The third-order valence-electron chi connectivity index (χ3n) is 2.25. The fourth-order valence-corrected chi connectivity index (χ4v) is 2.52.